The number of likely N-dealkylation sites (N-methyl/N-ethyl adjacent to an activating group) is 1. The lowest BCUT2D eigenvalue weighted by Crippen LogP contribution is -2.62. The van der Waals surface area contributed by atoms with E-state index in [1.165, 1.54) is 56.6 Å². The number of anilines is 1. The summed E-state index contributed by atoms with van der Waals surface area (Å²) in [5, 5.41) is 0. The molecule has 2 atom stereocenters. The van der Waals surface area contributed by atoms with Crippen LogP contribution in [0.4, 0.5) is 10.1 Å². The van der Waals surface area contributed by atoms with Gasteiger partial charge in [0.05, 0.1) is 38.6 Å². The van der Waals surface area contributed by atoms with Crippen molar-refractivity contribution in [3.8, 4) is 17.2 Å². The summed E-state index contributed by atoms with van der Waals surface area (Å²) in [7, 11) is 2.67. The zero-order valence-corrected chi connectivity index (χ0v) is 30.0. The molecule has 1 saturated heterocycles. The summed E-state index contributed by atoms with van der Waals surface area (Å²) in [6.07, 6.45) is 1.65. The summed E-state index contributed by atoms with van der Waals surface area (Å²) in [6.45, 7) is 4.38. The Labute approximate surface area is 291 Å². The second kappa shape index (κ2) is 12.9. The van der Waals surface area contributed by atoms with Crippen LogP contribution in [0, 0.1) is 5.82 Å². The SMILES string of the molecule is COc1ccc(S(=O)(=O)N2C(=O)C(c3cc(C4=NC(C)(C)CO4)ccc3OC)(N3CCCC[C@H]3C(=O)N(C)C)c3cc(F)ccc32)c(OC)c1. The molecule has 14 heteroatoms. The number of halogens is 1. The number of amides is 2. The highest BCUT2D eigenvalue weighted by Crippen LogP contribution is 2.55. The quantitative estimate of drug-likeness (QED) is 0.319. The number of carbonyl (C=O) groups excluding carboxylic acids is 2. The summed E-state index contributed by atoms with van der Waals surface area (Å²) < 4.78 is 68.5. The average molecular weight is 709 g/mol. The van der Waals surface area contributed by atoms with E-state index in [1.54, 1.807) is 37.2 Å². The maximum absolute atomic E-state index is 15.7. The first kappa shape index (κ1) is 35.1. The molecule has 0 aromatic heterocycles. The van der Waals surface area contributed by atoms with E-state index in [-0.39, 0.29) is 45.7 Å². The number of hydrogen-bond donors (Lipinski definition) is 0. The van der Waals surface area contributed by atoms with Crippen molar-refractivity contribution in [2.45, 2.75) is 55.1 Å². The van der Waals surface area contributed by atoms with E-state index < -0.39 is 38.9 Å². The molecule has 2 amide bonds. The second-order valence-electron chi connectivity index (χ2n) is 13.3. The molecule has 3 heterocycles. The van der Waals surface area contributed by atoms with Gasteiger partial charge in [-0.25, -0.2) is 22.1 Å². The number of piperidine rings is 1. The zero-order chi connectivity index (χ0) is 36.2. The number of rotatable bonds is 9. The molecule has 0 N–H and O–H groups in total. The van der Waals surface area contributed by atoms with Crippen molar-refractivity contribution in [2.75, 3.05) is 52.9 Å². The van der Waals surface area contributed by atoms with Crippen molar-refractivity contribution in [3.63, 3.8) is 0 Å². The van der Waals surface area contributed by atoms with Crippen molar-refractivity contribution < 1.29 is 41.3 Å². The molecule has 6 rings (SSSR count). The van der Waals surface area contributed by atoms with Gasteiger partial charge in [-0.1, -0.05) is 6.42 Å². The lowest BCUT2D eigenvalue weighted by Gasteiger charge is -2.47. The second-order valence-corrected chi connectivity index (χ2v) is 15.1. The van der Waals surface area contributed by atoms with E-state index in [0.717, 1.165) is 6.07 Å². The van der Waals surface area contributed by atoms with E-state index in [1.807, 2.05) is 13.8 Å². The minimum Gasteiger partial charge on any atom is -0.497 e. The lowest BCUT2D eigenvalue weighted by atomic mass is 9.78. The molecule has 3 aliphatic heterocycles. The number of fused-ring (bicyclic) bond motifs is 1. The largest absolute Gasteiger partial charge is 0.497 e. The van der Waals surface area contributed by atoms with Gasteiger partial charge < -0.3 is 23.8 Å². The number of likely N-dealkylation sites (tertiary alicyclic amines) is 1. The number of carbonyl (C=O) groups is 2. The molecule has 0 aliphatic carbocycles. The Bertz CT molecular complexity index is 2000. The summed E-state index contributed by atoms with van der Waals surface area (Å²) in [6, 6.07) is 11.9. The van der Waals surface area contributed by atoms with Gasteiger partial charge >= 0.3 is 0 Å². The Hall–Kier alpha value is -4.69. The fourth-order valence-corrected chi connectivity index (χ4v) is 8.71. The Morgan fingerprint density at radius 2 is 1.70 bits per heavy atom. The normalized spacial score (nSPS) is 21.7. The highest BCUT2D eigenvalue weighted by Gasteiger charge is 2.63. The van der Waals surface area contributed by atoms with E-state index in [9.17, 15) is 13.2 Å². The van der Waals surface area contributed by atoms with Crippen LogP contribution in [0.25, 0.3) is 0 Å². The first-order valence-electron chi connectivity index (χ1n) is 16.2. The van der Waals surface area contributed by atoms with Crippen LogP contribution in [-0.4, -0.2) is 96.1 Å². The van der Waals surface area contributed by atoms with Crippen LogP contribution < -0.4 is 18.5 Å². The predicted octanol–water partition coefficient (Wildman–Crippen LogP) is 4.33. The minimum absolute atomic E-state index is 0.0436. The Morgan fingerprint density at radius 1 is 0.960 bits per heavy atom. The first-order chi connectivity index (χ1) is 23.7. The van der Waals surface area contributed by atoms with Crippen LogP contribution in [0.5, 0.6) is 17.2 Å². The van der Waals surface area contributed by atoms with Crippen LogP contribution in [0.15, 0.2) is 64.5 Å². The smallest absolute Gasteiger partial charge is 0.274 e. The van der Waals surface area contributed by atoms with Crippen molar-refractivity contribution in [1.82, 2.24) is 9.80 Å². The van der Waals surface area contributed by atoms with Gasteiger partial charge in [-0.2, -0.15) is 0 Å². The van der Waals surface area contributed by atoms with Crippen molar-refractivity contribution in [3.05, 3.63) is 77.1 Å². The van der Waals surface area contributed by atoms with Gasteiger partial charge in [0.15, 0.2) is 5.54 Å². The summed E-state index contributed by atoms with van der Waals surface area (Å²) in [4.78, 5) is 37.2. The summed E-state index contributed by atoms with van der Waals surface area (Å²) in [5.74, 6) is -1.09. The van der Waals surface area contributed by atoms with Gasteiger partial charge in [0.2, 0.25) is 11.8 Å². The maximum Gasteiger partial charge on any atom is 0.274 e. The predicted molar refractivity (Wildman–Crippen MR) is 184 cm³/mol. The Balaban J connectivity index is 1.70. The van der Waals surface area contributed by atoms with Gasteiger partial charge in [0, 0.05) is 43.4 Å². The molecule has 266 valence electrons. The highest BCUT2D eigenvalue weighted by atomic mass is 32.2. The number of aliphatic imine (C=N–C) groups is 1. The number of sulfonamides is 1. The van der Waals surface area contributed by atoms with E-state index in [0.29, 0.717) is 47.4 Å². The fourth-order valence-electron chi connectivity index (χ4n) is 7.11. The first-order valence-corrected chi connectivity index (χ1v) is 17.7. The topological polar surface area (TPSA) is 127 Å². The molecule has 3 aromatic carbocycles. The standard InChI is InChI=1S/C36H41FN4O8S/c1-35(2)21-49-32(38-35)22-11-15-29(47-6)26(18-22)36(40-17-9-8-10-28(40)33(42)39(3)4)25-19-23(37)12-14-27(25)41(34(36)43)50(44,45)31-16-13-24(46-5)20-30(31)48-7/h11-16,18-20,28H,8-10,17,21H2,1-7H3/t28-,36?/m0/s1. The van der Waals surface area contributed by atoms with Crippen molar-refractivity contribution in [2.24, 2.45) is 4.99 Å². The molecule has 0 radical (unpaired) electrons. The molecule has 0 bridgehead atoms. The molecular weight excluding hydrogens is 667 g/mol. The molecule has 50 heavy (non-hydrogen) atoms. The molecule has 0 spiro atoms. The third-order valence-corrected chi connectivity index (χ3v) is 11.1. The Kier molecular flexibility index (Phi) is 9.06. The fraction of sp³-hybridized carbons (Fsp3) is 0.417. The van der Waals surface area contributed by atoms with Crippen LogP contribution in [-0.2, 0) is 29.9 Å². The Morgan fingerprint density at radius 3 is 2.34 bits per heavy atom. The third kappa shape index (κ3) is 5.54. The zero-order valence-electron chi connectivity index (χ0n) is 29.2. The van der Waals surface area contributed by atoms with Gasteiger partial charge in [-0.05, 0) is 75.2 Å². The number of benzene rings is 3. The summed E-state index contributed by atoms with van der Waals surface area (Å²) >= 11 is 0. The molecule has 3 aromatic rings. The third-order valence-electron chi connectivity index (χ3n) is 9.41. The molecule has 1 unspecified atom stereocenters. The number of nitrogens with zero attached hydrogens (tertiary/aromatic N) is 4. The van der Waals surface area contributed by atoms with Gasteiger partial charge in [0.25, 0.3) is 15.9 Å². The summed E-state index contributed by atoms with van der Waals surface area (Å²) in [5.41, 5.74) is -1.88. The average Bonchev–Trinajstić information content (AvgIpc) is 3.60. The van der Waals surface area contributed by atoms with Crippen molar-refractivity contribution in [1.29, 1.82) is 0 Å². The van der Waals surface area contributed by atoms with E-state index in [4.69, 9.17) is 23.9 Å². The molecular formula is C36H41FN4O8S. The van der Waals surface area contributed by atoms with Crippen molar-refractivity contribution >= 4 is 33.4 Å². The number of methoxy groups -OCH3 is 3. The molecule has 0 saturated carbocycles. The minimum atomic E-state index is -4.74. The number of hydrogen-bond acceptors (Lipinski definition) is 10. The van der Waals surface area contributed by atoms with E-state index in [2.05, 4.69) is 0 Å². The molecule has 12 nitrogen and oxygen atoms in total. The molecule has 3 aliphatic rings. The van der Waals surface area contributed by atoms with E-state index >= 15 is 9.18 Å². The van der Waals surface area contributed by atoms with Gasteiger partial charge in [-0.3, -0.25) is 14.5 Å². The van der Waals surface area contributed by atoms with Crippen LogP contribution in [0.3, 0.4) is 0 Å². The van der Waals surface area contributed by atoms with Gasteiger partial charge in [0.1, 0.15) is 34.6 Å². The highest BCUT2D eigenvalue weighted by molar-refractivity contribution is 7.93. The lowest BCUT2D eigenvalue weighted by molar-refractivity contribution is -0.142. The monoisotopic (exact) mass is 708 g/mol. The van der Waals surface area contributed by atoms with Crippen LogP contribution in [0.2, 0.25) is 0 Å². The van der Waals surface area contributed by atoms with Crippen LogP contribution in [0.1, 0.15) is 49.8 Å². The molecule has 1 fully saturated rings. The van der Waals surface area contributed by atoms with Gasteiger partial charge in [-0.15, -0.1) is 0 Å². The number of ether oxygens (including phenoxy) is 4. The van der Waals surface area contributed by atoms with Crippen LogP contribution >= 0.6 is 0 Å². The maximum atomic E-state index is 15.7.